The van der Waals surface area contributed by atoms with E-state index in [1.165, 1.54) is 0 Å². The first-order valence-corrected chi connectivity index (χ1v) is 9.71. The van der Waals surface area contributed by atoms with E-state index in [-0.39, 0.29) is 17.2 Å². The topological polar surface area (TPSA) is 53.5 Å². The van der Waals surface area contributed by atoms with Crippen LogP contribution in [0, 0.1) is 5.41 Å². The lowest BCUT2D eigenvalue weighted by Crippen LogP contribution is -2.54. The molecule has 2 saturated heterocycles. The second-order valence-electron chi connectivity index (χ2n) is 7.61. The van der Waals surface area contributed by atoms with Crippen LogP contribution in [0.25, 0.3) is 0 Å². The van der Waals surface area contributed by atoms with Crippen molar-refractivity contribution < 1.29 is 9.59 Å². The van der Waals surface area contributed by atoms with E-state index >= 15 is 0 Å². The van der Waals surface area contributed by atoms with Crippen molar-refractivity contribution in [3.63, 3.8) is 0 Å². The van der Waals surface area contributed by atoms with Crippen LogP contribution in [0.15, 0.2) is 36.7 Å². The van der Waals surface area contributed by atoms with E-state index in [4.69, 9.17) is 0 Å². The maximum absolute atomic E-state index is 12.5. The van der Waals surface area contributed by atoms with Gasteiger partial charge in [0.15, 0.2) is 0 Å². The number of piperidine rings is 2. The molecule has 0 unspecified atom stereocenters. The molecule has 3 heterocycles. The minimum Gasteiger partial charge on any atom is -0.342 e. The monoisotopic (exact) mass is 355 g/mol. The van der Waals surface area contributed by atoms with Gasteiger partial charge >= 0.3 is 0 Å². The van der Waals surface area contributed by atoms with Gasteiger partial charge in [0.05, 0.1) is 0 Å². The summed E-state index contributed by atoms with van der Waals surface area (Å²) in [7, 11) is 0. The summed E-state index contributed by atoms with van der Waals surface area (Å²) in [4.78, 5) is 33.1. The summed E-state index contributed by atoms with van der Waals surface area (Å²) >= 11 is 0. The van der Waals surface area contributed by atoms with Crippen LogP contribution in [0.3, 0.4) is 0 Å². The Balaban J connectivity index is 1.65. The number of allylic oxidation sites excluding steroid dienone is 1. The zero-order chi connectivity index (χ0) is 18.4. The van der Waals surface area contributed by atoms with Crippen LogP contribution in [0.4, 0.5) is 0 Å². The van der Waals surface area contributed by atoms with Crippen LogP contribution in [-0.4, -0.2) is 46.2 Å². The Hall–Kier alpha value is -2.17. The molecule has 140 valence electrons. The van der Waals surface area contributed by atoms with Gasteiger partial charge in [0, 0.05) is 56.8 Å². The van der Waals surface area contributed by atoms with Crippen molar-refractivity contribution >= 4 is 11.8 Å². The lowest BCUT2D eigenvalue weighted by Gasteiger charge is -2.48. The quantitative estimate of drug-likeness (QED) is 0.763. The molecule has 0 bridgehead atoms. The van der Waals surface area contributed by atoms with Crippen molar-refractivity contribution in [3.05, 3.63) is 42.2 Å². The molecule has 26 heavy (non-hydrogen) atoms. The number of carbonyl (C=O) groups is 2. The van der Waals surface area contributed by atoms with Crippen molar-refractivity contribution in [2.45, 2.75) is 52.0 Å². The SMILES string of the molecule is CC/C=C/CC(=O)N1CCC[C@@]2(CCC(=O)N(Cc3cccnc3)C2)C1. The lowest BCUT2D eigenvalue weighted by molar-refractivity contribution is -0.143. The molecular formula is C21H29N3O2. The van der Waals surface area contributed by atoms with Gasteiger partial charge in [0.1, 0.15) is 0 Å². The molecule has 2 amide bonds. The number of nitrogens with zero attached hydrogens (tertiary/aromatic N) is 3. The number of hydrogen-bond donors (Lipinski definition) is 0. The van der Waals surface area contributed by atoms with Crippen molar-refractivity contribution in [2.24, 2.45) is 5.41 Å². The molecule has 2 fully saturated rings. The normalized spacial score (nSPS) is 23.8. The molecule has 0 saturated carbocycles. The number of amides is 2. The van der Waals surface area contributed by atoms with Crippen molar-refractivity contribution in [1.29, 1.82) is 0 Å². The predicted molar refractivity (Wildman–Crippen MR) is 101 cm³/mol. The maximum Gasteiger partial charge on any atom is 0.226 e. The number of hydrogen-bond acceptors (Lipinski definition) is 3. The molecule has 1 atom stereocenters. The molecule has 2 aliphatic heterocycles. The smallest absolute Gasteiger partial charge is 0.226 e. The van der Waals surface area contributed by atoms with Crippen LogP contribution in [0.5, 0.6) is 0 Å². The molecule has 2 aliphatic rings. The summed E-state index contributed by atoms with van der Waals surface area (Å²) in [6, 6.07) is 3.92. The fourth-order valence-corrected chi connectivity index (χ4v) is 4.19. The first-order valence-electron chi connectivity index (χ1n) is 9.71. The minimum atomic E-state index is 0.0541. The number of rotatable bonds is 5. The van der Waals surface area contributed by atoms with Gasteiger partial charge in [-0.15, -0.1) is 0 Å². The van der Waals surface area contributed by atoms with Gasteiger partial charge in [-0.1, -0.05) is 25.1 Å². The Morgan fingerprint density at radius 1 is 1.31 bits per heavy atom. The second-order valence-corrected chi connectivity index (χ2v) is 7.61. The van der Waals surface area contributed by atoms with Crippen LogP contribution < -0.4 is 0 Å². The molecule has 5 heteroatoms. The fourth-order valence-electron chi connectivity index (χ4n) is 4.19. The van der Waals surface area contributed by atoms with Crippen molar-refractivity contribution in [2.75, 3.05) is 19.6 Å². The zero-order valence-corrected chi connectivity index (χ0v) is 15.7. The summed E-state index contributed by atoms with van der Waals surface area (Å²) in [6.45, 7) is 5.06. The zero-order valence-electron chi connectivity index (χ0n) is 15.7. The van der Waals surface area contributed by atoms with E-state index in [1.54, 1.807) is 6.20 Å². The van der Waals surface area contributed by atoms with Gasteiger partial charge in [0.25, 0.3) is 0 Å². The first-order chi connectivity index (χ1) is 12.6. The summed E-state index contributed by atoms with van der Waals surface area (Å²) < 4.78 is 0. The summed E-state index contributed by atoms with van der Waals surface area (Å²) in [5.41, 5.74) is 1.12. The molecular weight excluding hydrogens is 326 g/mol. The second kappa shape index (κ2) is 8.47. The van der Waals surface area contributed by atoms with E-state index in [1.807, 2.05) is 40.3 Å². The molecule has 1 aromatic rings. The number of pyridine rings is 1. The maximum atomic E-state index is 12.5. The molecule has 0 N–H and O–H groups in total. The van der Waals surface area contributed by atoms with Crippen LogP contribution in [-0.2, 0) is 16.1 Å². The number of aromatic nitrogens is 1. The number of carbonyl (C=O) groups excluding carboxylic acids is 2. The van der Waals surface area contributed by atoms with Crippen molar-refractivity contribution in [1.82, 2.24) is 14.8 Å². The van der Waals surface area contributed by atoms with E-state index in [9.17, 15) is 9.59 Å². The third kappa shape index (κ3) is 4.51. The Morgan fingerprint density at radius 2 is 2.19 bits per heavy atom. The molecule has 0 radical (unpaired) electrons. The average Bonchev–Trinajstić information content (AvgIpc) is 2.66. The Morgan fingerprint density at radius 3 is 2.96 bits per heavy atom. The third-order valence-corrected chi connectivity index (χ3v) is 5.55. The van der Waals surface area contributed by atoms with E-state index < -0.39 is 0 Å². The van der Waals surface area contributed by atoms with Gasteiger partial charge in [0.2, 0.25) is 11.8 Å². The highest BCUT2D eigenvalue weighted by Gasteiger charge is 2.42. The minimum absolute atomic E-state index is 0.0541. The highest BCUT2D eigenvalue weighted by Crippen LogP contribution is 2.39. The lowest BCUT2D eigenvalue weighted by atomic mass is 9.73. The van der Waals surface area contributed by atoms with Gasteiger partial charge < -0.3 is 9.80 Å². The molecule has 0 aliphatic carbocycles. The highest BCUT2D eigenvalue weighted by atomic mass is 16.2. The molecule has 3 rings (SSSR count). The largest absolute Gasteiger partial charge is 0.342 e. The van der Waals surface area contributed by atoms with Gasteiger partial charge in [-0.2, -0.15) is 0 Å². The Bertz CT molecular complexity index is 658. The standard InChI is InChI=1S/C21H29N3O2/c1-2-3-4-8-19(25)23-13-6-10-21(16-23)11-9-20(26)24(17-21)15-18-7-5-12-22-14-18/h3-5,7,12,14H,2,6,8-11,13,15-17H2,1H3/b4-3+/t21-/m1/s1. The fraction of sp³-hybridized carbons (Fsp3) is 0.571. The Labute approximate surface area is 156 Å². The van der Waals surface area contributed by atoms with Crippen LogP contribution in [0.2, 0.25) is 0 Å². The van der Waals surface area contributed by atoms with Crippen LogP contribution in [0.1, 0.15) is 51.0 Å². The van der Waals surface area contributed by atoms with E-state index in [2.05, 4.69) is 11.9 Å². The Kier molecular flexibility index (Phi) is 6.07. The van der Waals surface area contributed by atoms with E-state index in [0.29, 0.717) is 19.4 Å². The third-order valence-electron chi connectivity index (χ3n) is 5.55. The van der Waals surface area contributed by atoms with Crippen molar-refractivity contribution in [3.8, 4) is 0 Å². The average molecular weight is 355 g/mol. The molecule has 1 spiro atoms. The van der Waals surface area contributed by atoms with Gasteiger partial charge in [-0.05, 0) is 37.3 Å². The highest BCUT2D eigenvalue weighted by molar-refractivity contribution is 5.79. The summed E-state index contributed by atoms with van der Waals surface area (Å²) in [6.07, 6.45) is 12.6. The van der Waals surface area contributed by atoms with Gasteiger partial charge in [-0.3, -0.25) is 14.6 Å². The van der Waals surface area contributed by atoms with Gasteiger partial charge in [-0.25, -0.2) is 0 Å². The summed E-state index contributed by atoms with van der Waals surface area (Å²) in [5.74, 6) is 0.429. The first kappa shape index (κ1) is 18.6. The molecule has 1 aromatic heterocycles. The van der Waals surface area contributed by atoms with Crippen LogP contribution >= 0.6 is 0 Å². The molecule has 0 aromatic carbocycles. The molecule has 5 nitrogen and oxygen atoms in total. The number of likely N-dealkylation sites (tertiary alicyclic amines) is 2. The van der Waals surface area contributed by atoms with E-state index in [0.717, 1.165) is 50.9 Å². The predicted octanol–water partition coefficient (Wildman–Crippen LogP) is 3.17. The summed E-state index contributed by atoms with van der Waals surface area (Å²) in [5, 5.41) is 0.